The van der Waals surface area contributed by atoms with Crippen molar-refractivity contribution in [3.8, 4) is 11.4 Å². The second-order valence-electron chi connectivity index (χ2n) is 6.00. The van der Waals surface area contributed by atoms with E-state index < -0.39 is 12.1 Å². The van der Waals surface area contributed by atoms with E-state index in [-0.39, 0.29) is 12.5 Å². The van der Waals surface area contributed by atoms with Gasteiger partial charge in [0, 0.05) is 12.1 Å². The van der Waals surface area contributed by atoms with Gasteiger partial charge in [0.25, 0.3) is 0 Å². The highest BCUT2D eigenvalue weighted by Gasteiger charge is 2.19. The van der Waals surface area contributed by atoms with Gasteiger partial charge in [-0.15, -0.1) is 10.2 Å². The summed E-state index contributed by atoms with van der Waals surface area (Å²) in [5, 5.41) is 24.7. The second-order valence-corrected chi connectivity index (χ2v) is 6.00. The Morgan fingerprint density at radius 2 is 1.96 bits per heavy atom. The van der Waals surface area contributed by atoms with Crippen molar-refractivity contribution in [3.63, 3.8) is 0 Å². The van der Waals surface area contributed by atoms with Gasteiger partial charge in [-0.3, -0.25) is 4.79 Å². The van der Waals surface area contributed by atoms with E-state index in [0.29, 0.717) is 18.2 Å². The zero-order valence-electron chi connectivity index (χ0n) is 13.7. The van der Waals surface area contributed by atoms with E-state index in [9.17, 15) is 9.90 Å². The van der Waals surface area contributed by atoms with Gasteiger partial charge in [0.05, 0.1) is 6.10 Å². The molecule has 0 aliphatic heterocycles. The van der Waals surface area contributed by atoms with Gasteiger partial charge in [-0.1, -0.05) is 44.2 Å². The van der Waals surface area contributed by atoms with Crippen LogP contribution in [0, 0.1) is 5.92 Å². The van der Waals surface area contributed by atoms with Crippen LogP contribution in [0.25, 0.3) is 11.4 Å². The molecule has 2 unspecified atom stereocenters. The Morgan fingerprint density at radius 3 is 2.61 bits per heavy atom. The fraction of sp³-hybridized carbons (Fsp3) is 0.500. The summed E-state index contributed by atoms with van der Waals surface area (Å²) < 4.78 is 0. The van der Waals surface area contributed by atoms with Crippen molar-refractivity contribution in [1.82, 2.24) is 25.5 Å². The van der Waals surface area contributed by atoms with Crippen molar-refractivity contribution in [3.05, 3.63) is 30.3 Å². The van der Waals surface area contributed by atoms with Crippen molar-refractivity contribution >= 4 is 5.91 Å². The van der Waals surface area contributed by atoms with Crippen molar-refractivity contribution in [2.75, 3.05) is 6.54 Å². The first-order chi connectivity index (χ1) is 11.0. The van der Waals surface area contributed by atoms with Crippen molar-refractivity contribution < 1.29 is 9.90 Å². The number of tetrazole rings is 1. The molecule has 0 radical (unpaired) electrons. The maximum absolute atomic E-state index is 12.1. The minimum Gasteiger partial charge on any atom is -0.391 e. The number of aliphatic hydroxyl groups excluding tert-OH is 1. The number of nitrogens with one attached hydrogen (secondary N) is 1. The van der Waals surface area contributed by atoms with Crippen LogP contribution in [0.4, 0.5) is 0 Å². The molecule has 0 aliphatic rings. The number of benzene rings is 1. The highest BCUT2D eigenvalue weighted by molar-refractivity contribution is 5.79. The Hall–Kier alpha value is -2.28. The van der Waals surface area contributed by atoms with Crippen molar-refractivity contribution in [1.29, 1.82) is 0 Å². The summed E-state index contributed by atoms with van der Waals surface area (Å²) in [5.41, 5.74) is 0.846. The third-order valence-electron chi connectivity index (χ3n) is 3.44. The molecule has 2 aromatic rings. The summed E-state index contributed by atoms with van der Waals surface area (Å²) in [4.78, 5) is 13.4. The third-order valence-corrected chi connectivity index (χ3v) is 3.44. The predicted molar refractivity (Wildman–Crippen MR) is 86.4 cm³/mol. The fourth-order valence-electron chi connectivity index (χ4n) is 2.19. The van der Waals surface area contributed by atoms with Crippen LogP contribution in [-0.4, -0.2) is 43.9 Å². The summed E-state index contributed by atoms with van der Waals surface area (Å²) in [5.74, 6) is 0.611. The number of carbonyl (C=O) groups excluding carboxylic acids is 1. The highest BCUT2D eigenvalue weighted by Crippen LogP contribution is 2.13. The standard InChI is InChI=1S/C16H23N5O2/c1-11(2)9-14(22)10-17-16(23)12(3)21-19-15(18-20-21)13-7-5-4-6-8-13/h4-8,11-12,14,22H,9-10H2,1-3H3,(H,17,23). The fourth-order valence-corrected chi connectivity index (χ4v) is 2.19. The third kappa shape index (κ3) is 4.85. The predicted octanol–water partition coefficient (Wildman–Crippen LogP) is 1.42. The maximum Gasteiger partial charge on any atom is 0.246 e. The Kier molecular flexibility index (Phi) is 5.81. The van der Waals surface area contributed by atoms with Crippen LogP contribution in [0.15, 0.2) is 30.3 Å². The summed E-state index contributed by atoms with van der Waals surface area (Å²) in [6.07, 6.45) is 0.101. The molecule has 0 saturated carbocycles. The SMILES string of the molecule is CC(C)CC(O)CNC(=O)C(C)n1nnc(-c2ccccc2)n1. The minimum absolute atomic E-state index is 0.224. The molecular weight excluding hydrogens is 294 g/mol. The van der Waals surface area contributed by atoms with Gasteiger partial charge in [-0.05, 0) is 24.5 Å². The number of aromatic nitrogens is 4. The van der Waals surface area contributed by atoms with Gasteiger partial charge in [-0.25, -0.2) is 0 Å². The number of hydrogen-bond donors (Lipinski definition) is 2. The number of aliphatic hydroxyl groups is 1. The molecule has 7 heteroatoms. The molecule has 124 valence electrons. The number of hydrogen-bond acceptors (Lipinski definition) is 5. The van der Waals surface area contributed by atoms with Crippen LogP contribution in [0.3, 0.4) is 0 Å². The van der Waals surface area contributed by atoms with E-state index in [1.165, 1.54) is 4.80 Å². The number of nitrogens with zero attached hydrogens (tertiary/aromatic N) is 4. The molecule has 2 N–H and O–H groups in total. The zero-order valence-corrected chi connectivity index (χ0v) is 13.7. The molecule has 1 aromatic carbocycles. The molecule has 1 amide bonds. The molecule has 0 bridgehead atoms. The van der Waals surface area contributed by atoms with E-state index in [0.717, 1.165) is 5.56 Å². The van der Waals surface area contributed by atoms with Gasteiger partial charge in [-0.2, -0.15) is 4.80 Å². The average Bonchev–Trinajstić information content (AvgIpc) is 3.02. The lowest BCUT2D eigenvalue weighted by Crippen LogP contribution is -2.37. The molecule has 7 nitrogen and oxygen atoms in total. The molecule has 0 aliphatic carbocycles. The largest absolute Gasteiger partial charge is 0.391 e. The summed E-state index contributed by atoms with van der Waals surface area (Å²) >= 11 is 0. The smallest absolute Gasteiger partial charge is 0.246 e. The van der Waals surface area contributed by atoms with Crippen LogP contribution in [-0.2, 0) is 4.79 Å². The number of rotatable bonds is 7. The first-order valence-corrected chi connectivity index (χ1v) is 7.78. The summed E-state index contributed by atoms with van der Waals surface area (Å²) in [6.45, 7) is 5.97. The van der Waals surface area contributed by atoms with Crippen molar-refractivity contribution in [2.24, 2.45) is 5.92 Å². The van der Waals surface area contributed by atoms with Crippen LogP contribution in [0.2, 0.25) is 0 Å². The topological polar surface area (TPSA) is 92.9 Å². The minimum atomic E-state index is -0.591. The van der Waals surface area contributed by atoms with Crippen LogP contribution in [0.5, 0.6) is 0 Å². The molecule has 0 fully saturated rings. The zero-order chi connectivity index (χ0) is 16.8. The molecule has 0 spiro atoms. The maximum atomic E-state index is 12.1. The van der Waals surface area contributed by atoms with E-state index in [2.05, 4.69) is 20.7 Å². The van der Waals surface area contributed by atoms with Gasteiger partial charge in [0.1, 0.15) is 6.04 Å². The molecule has 1 aromatic heterocycles. The first kappa shape index (κ1) is 17.1. The lowest BCUT2D eigenvalue weighted by Gasteiger charge is -2.15. The van der Waals surface area contributed by atoms with E-state index in [1.807, 2.05) is 44.2 Å². The van der Waals surface area contributed by atoms with E-state index in [1.54, 1.807) is 6.92 Å². The lowest BCUT2D eigenvalue weighted by molar-refractivity contribution is -0.125. The number of amides is 1. The Labute approximate surface area is 135 Å². The normalized spacial score (nSPS) is 13.8. The Morgan fingerprint density at radius 1 is 1.26 bits per heavy atom. The molecule has 1 heterocycles. The quantitative estimate of drug-likeness (QED) is 0.805. The van der Waals surface area contributed by atoms with E-state index in [4.69, 9.17) is 0 Å². The van der Waals surface area contributed by atoms with Gasteiger partial charge in [0.2, 0.25) is 11.7 Å². The molecule has 2 atom stereocenters. The molecular formula is C16H23N5O2. The molecule has 23 heavy (non-hydrogen) atoms. The molecule has 0 saturated heterocycles. The van der Waals surface area contributed by atoms with E-state index >= 15 is 0 Å². The summed E-state index contributed by atoms with van der Waals surface area (Å²) in [7, 11) is 0. The van der Waals surface area contributed by atoms with Crippen LogP contribution < -0.4 is 5.32 Å². The lowest BCUT2D eigenvalue weighted by atomic mass is 10.1. The molecule has 2 rings (SSSR count). The summed E-state index contributed by atoms with van der Waals surface area (Å²) in [6, 6.07) is 8.87. The Balaban J connectivity index is 1.94. The monoisotopic (exact) mass is 317 g/mol. The van der Waals surface area contributed by atoms with Gasteiger partial charge in [0.15, 0.2) is 0 Å². The first-order valence-electron chi connectivity index (χ1n) is 7.78. The highest BCUT2D eigenvalue weighted by atomic mass is 16.3. The average molecular weight is 317 g/mol. The number of carbonyl (C=O) groups is 1. The van der Waals surface area contributed by atoms with Gasteiger partial charge < -0.3 is 10.4 Å². The van der Waals surface area contributed by atoms with Crippen molar-refractivity contribution in [2.45, 2.75) is 39.3 Å². The van der Waals surface area contributed by atoms with Crippen LogP contribution in [0.1, 0.15) is 33.2 Å². The van der Waals surface area contributed by atoms with Crippen LogP contribution >= 0.6 is 0 Å². The second kappa shape index (κ2) is 7.82. The Bertz CT molecular complexity index is 626. The van der Waals surface area contributed by atoms with Gasteiger partial charge >= 0.3 is 0 Å².